The van der Waals surface area contributed by atoms with Gasteiger partial charge in [0.1, 0.15) is 5.82 Å². The third-order valence-electron chi connectivity index (χ3n) is 4.50. The summed E-state index contributed by atoms with van der Waals surface area (Å²) in [5.74, 6) is 2.69. The number of nitrogens with one attached hydrogen (secondary N) is 1. The predicted octanol–water partition coefficient (Wildman–Crippen LogP) is 2.33. The minimum absolute atomic E-state index is 0.260. The quantitative estimate of drug-likeness (QED) is 0.901. The lowest BCUT2D eigenvalue weighted by Gasteiger charge is -2.32. The van der Waals surface area contributed by atoms with Crippen LogP contribution < -0.4 is 19.7 Å². The van der Waals surface area contributed by atoms with Gasteiger partial charge in [-0.25, -0.2) is 4.98 Å². The van der Waals surface area contributed by atoms with Gasteiger partial charge in [-0.05, 0) is 24.6 Å². The summed E-state index contributed by atoms with van der Waals surface area (Å²) < 4.78 is 16.5. The maximum atomic E-state index is 5.58. The molecule has 0 radical (unpaired) electrons. The highest BCUT2D eigenvalue weighted by atomic mass is 16.7. The Morgan fingerprint density at radius 3 is 3.00 bits per heavy atom. The van der Waals surface area contributed by atoms with E-state index in [1.807, 2.05) is 18.3 Å². The van der Waals surface area contributed by atoms with E-state index < -0.39 is 0 Å². The lowest BCUT2D eigenvalue weighted by atomic mass is 10.2. The smallest absolute Gasteiger partial charge is 0.231 e. The molecule has 2 aromatic rings. The van der Waals surface area contributed by atoms with Crippen molar-refractivity contribution in [2.24, 2.45) is 0 Å². The van der Waals surface area contributed by atoms with Crippen molar-refractivity contribution in [2.45, 2.75) is 26.1 Å². The maximum absolute atomic E-state index is 5.58. The number of anilines is 1. The fraction of sp³-hybridized carbons (Fsp3) is 0.421. The highest BCUT2D eigenvalue weighted by Crippen LogP contribution is 2.35. The Bertz CT molecular complexity index is 720. The van der Waals surface area contributed by atoms with Crippen molar-refractivity contribution in [2.75, 3.05) is 31.4 Å². The molecule has 0 aliphatic carbocycles. The SMILES string of the molecule is CC1CN(c2ccc(CNCc3cccc4c3OCO4)cn2)CCO1. The number of hydrogen-bond acceptors (Lipinski definition) is 6. The second kappa shape index (κ2) is 7.29. The van der Waals surface area contributed by atoms with Crippen LogP contribution in [-0.4, -0.2) is 37.6 Å². The molecule has 0 amide bonds. The molecule has 6 heteroatoms. The highest BCUT2D eigenvalue weighted by molar-refractivity contribution is 5.48. The minimum Gasteiger partial charge on any atom is -0.454 e. The van der Waals surface area contributed by atoms with Gasteiger partial charge >= 0.3 is 0 Å². The fourth-order valence-corrected chi connectivity index (χ4v) is 3.21. The molecule has 0 spiro atoms. The largest absolute Gasteiger partial charge is 0.454 e. The van der Waals surface area contributed by atoms with Crippen LogP contribution in [0.15, 0.2) is 36.5 Å². The molecule has 1 fully saturated rings. The third kappa shape index (κ3) is 3.70. The number of nitrogens with zero attached hydrogens (tertiary/aromatic N) is 2. The Kier molecular flexibility index (Phi) is 4.72. The monoisotopic (exact) mass is 341 g/mol. The van der Waals surface area contributed by atoms with E-state index in [4.69, 9.17) is 14.2 Å². The van der Waals surface area contributed by atoms with Gasteiger partial charge in [0.2, 0.25) is 6.79 Å². The molecule has 2 aliphatic heterocycles. The molecule has 1 aromatic carbocycles. The Labute approximate surface area is 147 Å². The van der Waals surface area contributed by atoms with E-state index in [1.165, 1.54) is 0 Å². The molecule has 4 rings (SSSR count). The van der Waals surface area contributed by atoms with Gasteiger partial charge < -0.3 is 24.4 Å². The summed E-state index contributed by atoms with van der Waals surface area (Å²) in [6, 6.07) is 10.2. The van der Waals surface area contributed by atoms with Crippen molar-refractivity contribution in [1.29, 1.82) is 0 Å². The molecule has 1 unspecified atom stereocenters. The van der Waals surface area contributed by atoms with Crippen molar-refractivity contribution < 1.29 is 14.2 Å². The van der Waals surface area contributed by atoms with E-state index in [0.29, 0.717) is 6.79 Å². The molecule has 0 bridgehead atoms. The van der Waals surface area contributed by atoms with Gasteiger partial charge in [0.05, 0.1) is 12.7 Å². The van der Waals surface area contributed by atoms with Crippen molar-refractivity contribution in [3.63, 3.8) is 0 Å². The predicted molar refractivity (Wildman–Crippen MR) is 95.0 cm³/mol. The van der Waals surface area contributed by atoms with Crippen molar-refractivity contribution in [3.05, 3.63) is 47.7 Å². The van der Waals surface area contributed by atoms with E-state index >= 15 is 0 Å². The summed E-state index contributed by atoms with van der Waals surface area (Å²) in [5.41, 5.74) is 2.27. The zero-order valence-electron chi connectivity index (χ0n) is 14.4. The summed E-state index contributed by atoms with van der Waals surface area (Å²) in [6.45, 7) is 6.45. The minimum atomic E-state index is 0.260. The van der Waals surface area contributed by atoms with Gasteiger partial charge in [-0.2, -0.15) is 0 Å². The average molecular weight is 341 g/mol. The average Bonchev–Trinajstić information content (AvgIpc) is 3.12. The first kappa shape index (κ1) is 16.2. The lowest BCUT2D eigenvalue weighted by molar-refractivity contribution is 0.0529. The summed E-state index contributed by atoms with van der Waals surface area (Å²) >= 11 is 0. The second-order valence-corrected chi connectivity index (χ2v) is 6.41. The third-order valence-corrected chi connectivity index (χ3v) is 4.50. The molecule has 1 saturated heterocycles. The molecular formula is C19H23N3O3. The Morgan fingerprint density at radius 2 is 2.16 bits per heavy atom. The number of aromatic nitrogens is 1. The summed E-state index contributed by atoms with van der Waals surface area (Å²) in [4.78, 5) is 6.88. The van der Waals surface area contributed by atoms with Gasteiger partial charge in [-0.1, -0.05) is 18.2 Å². The van der Waals surface area contributed by atoms with Gasteiger partial charge in [-0.15, -0.1) is 0 Å². The van der Waals surface area contributed by atoms with Gasteiger partial charge in [0.25, 0.3) is 0 Å². The van der Waals surface area contributed by atoms with E-state index in [0.717, 1.165) is 61.2 Å². The first-order valence-electron chi connectivity index (χ1n) is 8.69. The summed E-state index contributed by atoms with van der Waals surface area (Å²) in [6.07, 6.45) is 2.20. The summed E-state index contributed by atoms with van der Waals surface area (Å²) in [5, 5.41) is 3.44. The molecule has 1 aromatic heterocycles. The number of fused-ring (bicyclic) bond motifs is 1. The van der Waals surface area contributed by atoms with Crippen LogP contribution in [0, 0.1) is 0 Å². The second-order valence-electron chi connectivity index (χ2n) is 6.41. The number of pyridine rings is 1. The van der Waals surface area contributed by atoms with Crippen LogP contribution in [0.1, 0.15) is 18.1 Å². The Morgan fingerprint density at radius 1 is 1.20 bits per heavy atom. The van der Waals surface area contributed by atoms with Gasteiger partial charge in [0.15, 0.2) is 11.5 Å². The highest BCUT2D eigenvalue weighted by Gasteiger charge is 2.18. The lowest BCUT2D eigenvalue weighted by Crippen LogP contribution is -2.41. The van der Waals surface area contributed by atoms with Gasteiger partial charge in [-0.3, -0.25) is 0 Å². The van der Waals surface area contributed by atoms with Crippen molar-refractivity contribution in [1.82, 2.24) is 10.3 Å². The molecule has 132 valence electrons. The molecule has 25 heavy (non-hydrogen) atoms. The van der Waals surface area contributed by atoms with Crippen LogP contribution in [-0.2, 0) is 17.8 Å². The zero-order chi connectivity index (χ0) is 17.1. The van der Waals surface area contributed by atoms with E-state index in [-0.39, 0.29) is 6.10 Å². The normalized spacial score (nSPS) is 19.2. The molecule has 6 nitrogen and oxygen atoms in total. The van der Waals surface area contributed by atoms with Crippen LogP contribution in [0.25, 0.3) is 0 Å². The maximum Gasteiger partial charge on any atom is 0.231 e. The van der Waals surface area contributed by atoms with Crippen LogP contribution in [0.2, 0.25) is 0 Å². The first-order valence-corrected chi connectivity index (χ1v) is 8.69. The van der Waals surface area contributed by atoms with E-state index in [9.17, 15) is 0 Å². The zero-order valence-corrected chi connectivity index (χ0v) is 14.4. The number of para-hydroxylation sites is 1. The summed E-state index contributed by atoms with van der Waals surface area (Å²) in [7, 11) is 0. The fourth-order valence-electron chi connectivity index (χ4n) is 3.21. The number of ether oxygens (including phenoxy) is 3. The van der Waals surface area contributed by atoms with Crippen LogP contribution in [0.4, 0.5) is 5.82 Å². The molecule has 2 aliphatic rings. The van der Waals surface area contributed by atoms with E-state index in [2.05, 4.69) is 40.3 Å². The van der Waals surface area contributed by atoms with Crippen molar-refractivity contribution >= 4 is 5.82 Å². The number of rotatable bonds is 5. The molecule has 1 atom stereocenters. The van der Waals surface area contributed by atoms with Crippen LogP contribution in [0.5, 0.6) is 11.5 Å². The Hall–Kier alpha value is -2.31. The van der Waals surface area contributed by atoms with E-state index in [1.54, 1.807) is 0 Å². The first-order chi connectivity index (χ1) is 12.3. The van der Waals surface area contributed by atoms with Crippen LogP contribution in [0.3, 0.4) is 0 Å². The van der Waals surface area contributed by atoms with Gasteiger partial charge in [0, 0.05) is 37.9 Å². The Balaban J connectivity index is 1.32. The number of morpholine rings is 1. The standard InChI is InChI=1S/C19H23N3O3/c1-14-12-22(7-8-23-14)18-6-5-15(10-21-18)9-20-11-16-3-2-4-17-19(16)25-13-24-17/h2-6,10,14,20H,7-9,11-13H2,1H3. The molecule has 3 heterocycles. The number of hydrogen-bond donors (Lipinski definition) is 1. The molecular weight excluding hydrogens is 318 g/mol. The van der Waals surface area contributed by atoms with Crippen LogP contribution >= 0.6 is 0 Å². The molecule has 1 N–H and O–H groups in total. The van der Waals surface area contributed by atoms with Crippen molar-refractivity contribution in [3.8, 4) is 11.5 Å². The molecule has 0 saturated carbocycles. The number of benzene rings is 1. The topological polar surface area (TPSA) is 55.9 Å².